The Labute approximate surface area is 108 Å². The number of benzene rings is 2. The Balaban J connectivity index is 2.35. The van der Waals surface area contributed by atoms with Crippen LogP contribution in [-0.4, -0.2) is 20.6 Å². The molecule has 0 bridgehead atoms. The van der Waals surface area contributed by atoms with E-state index >= 15 is 0 Å². The summed E-state index contributed by atoms with van der Waals surface area (Å²) >= 11 is -2.18. The zero-order valence-electron chi connectivity index (χ0n) is 9.44. The molecule has 82 valence electrons. The van der Waals surface area contributed by atoms with E-state index in [1.807, 2.05) is 0 Å². The maximum absolute atomic E-state index is 6.68. The summed E-state index contributed by atoms with van der Waals surface area (Å²) in [5.41, 5.74) is 2.59. The Morgan fingerprint density at radius 2 is 1.25 bits per heavy atom. The van der Waals surface area contributed by atoms with Gasteiger partial charge in [0.2, 0.25) is 0 Å². The molecular formula is C14H14BiCl. The molecule has 16 heavy (non-hydrogen) atoms. The minimum absolute atomic E-state index is 1.30. The van der Waals surface area contributed by atoms with Gasteiger partial charge in [-0.25, -0.2) is 0 Å². The first-order valence-electron chi connectivity index (χ1n) is 5.26. The van der Waals surface area contributed by atoms with Crippen molar-refractivity contribution in [3.8, 4) is 0 Å². The summed E-state index contributed by atoms with van der Waals surface area (Å²) in [7, 11) is 6.68. The van der Waals surface area contributed by atoms with Gasteiger partial charge in [-0.2, -0.15) is 0 Å². The van der Waals surface area contributed by atoms with E-state index in [0.717, 1.165) is 0 Å². The topological polar surface area (TPSA) is 0 Å². The molecule has 0 atom stereocenters. The SMILES string of the molecule is Cc1ccc[c]([Bi]([Cl])[c]2cccc(C)c2)c1. The van der Waals surface area contributed by atoms with Crippen molar-refractivity contribution >= 4 is 35.6 Å². The fourth-order valence-electron chi connectivity index (χ4n) is 1.65. The fraction of sp³-hybridized carbons (Fsp3) is 0.143. The van der Waals surface area contributed by atoms with Crippen LogP contribution in [-0.2, 0) is 0 Å². The van der Waals surface area contributed by atoms with Gasteiger partial charge in [0, 0.05) is 0 Å². The summed E-state index contributed by atoms with van der Waals surface area (Å²) in [6, 6.07) is 17.2. The molecule has 0 aromatic heterocycles. The van der Waals surface area contributed by atoms with Crippen molar-refractivity contribution in [2.45, 2.75) is 13.8 Å². The van der Waals surface area contributed by atoms with E-state index in [1.165, 1.54) is 17.7 Å². The van der Waals surface area contributed by atoms with E-state index in [4.69, 9.17) is 8.51 Å². The van der Waals surface area contributed by atoms with Gasteiger partial charge in [-0.3, -0.25) is 0 Å². The molecule has 2 rings (SSSR count). The van der Waals surface area contributed by atoms with Crippen LogP contribution in [0.2, 0.25) is 0 Å². The molecule has 0 aliphatic heterocycles. The normalized spacial score (nSPS) is 10.8. The third-order valence-corrected chi connectivity index (χ3v) is 11.6. The van der Waals surface area contributed by atoms with Gasteiger partial charge in [-0.1, -0.05) is 0 Å². The predicted molar refractivity (Wildman–Crippen MR) is 73.2 cm³/mol. The first-order valence-corrected chi connectivity index (χ1v) is 13.0. The maximum atomic E-state index is 6.68. The van der Waals surface area contributed by atoms with Crippen LogP contribution < -0.4 is 6.54 Å². The molecule has 0 saturated heterocycles. The molecule has 0 saturated carbocycles. The molecule has 0 unspecified atom stereocenters. The molecule has 0 radical (unpaired) electrons. The zero-order valence-corrected chi connectivity index (χ0v) is 13.7. The van der Waals surface area contributed by atoms with Crippen molar-refractivity contribution in [1.82, 2.24) is 0 Å². The van der Waals surface area contributed by atoms with Crippen LogP contribution in [0.4, 0.5) is 0 Å². The minimum atomic E-state index is -2.18. The molecule has 0 aliphatic rings. The quantitative estimate of drug-likeness (QED) is 0.648. The molecule has 0 heterocycles. The predicted octanol–water partition coefficient (Wildman–Crippen LogP) is 2.65. The van der Waals surface area contributed by atoms with Crippen LogP contribution in [0.5, 0.6) is 0 Å². The van der Waals surface area contributed by atoms with Gasteiger partial charge in [0.25, 0.3) is 0 Å². The molecule has 2 aromatic carbocycles. The van der Waals surface area contributed by atoms with Gasteiger partial charge in [0.1, 0.15) is 0 Å². The van der Waals surface area contributed by atoms with Crippen LogP contribution in [0.15, 0.2) is 48.5 Å². The van der Waals surface area contributed by atoms with Crippen LogP contribution in [0.3, 0.4) is 0 Å². The van der Waals surface area contributed by atoms with E-state index < -0.39 is 20.6 Å². The average molecular weight is 427 g/mol. The molecule has 0 aliphatic carbocycles. The summed E-state index contributed by atoms with van der Waals surface area (Å²) in [5, 5.41) is 0. The first kappa shape index (κ1) is 12.1. The molecular weight excluding hydrogens is 413 g/mol. The van der Waals surface area contributed by atoms with Crippen LogP contribution >= 0.6 is 8.51 Å². The summed E-state index contributed by atoms with van der Waals surface area (Å²) in [4.78, 5) is 0. The monoisotopic (exact) mass is 426 g/mol. The van der Waals surface area contributed by atoms with Crippen molar-refractivity contribution in [2.75, 3.05) is 0 Å². The summed E-state index contributed by atoms with van der Waals surface area (Å²) < 4.78 is 2.73. The summed E-state index contributed by atoms with van der Waals surface area (Å²) in [6.45, 7) is 4.24. The Morgan fingerprint density at radius 3 is 1.62 bits per heavy atom. The van der Waals surface area contributed by atoms with Gasteiger partial charge < -0.3 is 0 Å². The average Bonchev–Trinajstić information content (AvgIpc) is 2.28. The van der Waals surface area contributed by atoms with Crippen molar-refractivity contribution in [3.63, 3.8) is 0 Å². The number of hydrogen-bond acceptors (Lipinski definition) is 0. The third kappa shape index (κ3) is 2.84. The second-order valence-corrected chi connectivity index (χ2v) is 13.1. The third-order valence-electron chi connectivity index (χ3n) is 2.46. The van der Waals surface area contributed by atoms with Crippen LogP contribution in [0.1, 0.15) is 11.1 Å². The Bertz CT molecular complexity index is 448. The molecule has 0 spiro atoms. The standard InChI is InChI=1S/2C7H7.Bi.ClH/c2*1-7-5-3-2-4-6-7;;/h2*2-3,5-6H,1H3;;1H/q;;+1;/p-1. The van der Waals surface area contributed by atoms with Crippen LogP contribution in [0.25, 0.3) is 0 Å². The van der Waals surface area contributed by atoms with E-state index in [1.54, 1.807) is 0 Å². The van der Waals surface area contributed by atoms with Crippen LogP contribution in [0, 0.1) is 13.8 Å². The van der Waals surface area contributed by atoms with Crippen molar-refractivity contribution < 1.29 is 0 Å². The van der Waals surface area contributed by atoms with E-state index in [0.29, 0.717) is 0 Å². The van der Waals surface area contributed by atoms with Gasteiger partial charge in [0.05, 0.1) is 0 Å². The number of aryl methyl sites for hydroxylation is 2. The summed E-state index contributed by atoms with van der Waals surface area (Å²) in [6.07, 6.45) is 0. The summed E-state index contributed by atoms with van der Waals surface area (Å²) in [5.74, 6) is 0. The number of halogens is 1. The van der Waals surface area contributed by atoms with Crippen molar-refractivity contribution in [1.29, 1.82) is 0 Å². The Morgan fingerprint density at radius 1 is 0.812 bits per heavy atom. The molecule has 2 heteroatoms. The number of hydrogen-bond donors (Lipinski definition) is 0. The van der Waals surface area contributed by atoms with Gasteiger partial charge >= 0.3 is 109 Å². The van der Waals surface area contributed by atoms with E-state index in [2.05, 4.69) is 62.4 Å². The Kier molecular flexibility index (Phi) is 4.00. The second kappa shape index (κ2) is 5.30. The molecule has 0 nitrogen and oxygen atoms in total. The molecule has 0 amide bonds. The fourth-order valence-corrected chi connectivity index (χ4v) is 8.80. The van der Waals surface area contributed by atoms with Crippen molar-refractivity contribution in [2.24, 2.45) is 0 Å². The molecule has 0 fully saturated rings. The molecule has 2 aromatic rings. The van der Waals surface area contributed by atoms with Crippen molar-refractivity contribution in [3.05, 3.63) is 59.7 Å². The second-order valence-electron chi connectivity index (χ2n) is 3.96. The van der Waals surface area contributed by atoms with E-state index in [9.17, 15) is 0 Å². The van der Waals surface area contributed by atoms with E-state index in [-0.39, 0.29) is 0 Å². The molecule has 0 N–H and O–H groups in total. The first-order chi connectivity index (χ1) is 7.66. The Hall–Kier alpha value is -0.387. The van der Waals surface area contributed by atoms with Gasteiger partial charge in [0.15, 0.2) is 0 Å². The van der Waals surface area contributed by atoms with Gasteiger partial charge in [-0.15, -0.1) is 0 Å². The number of rotatable bonds is 2. The van der Waals surface area contributed by atoms with Gasteiger partial charge in [-0.05, 0) is 0 Å². The zero-order chi connectivity index (χ0) is 11.5.